The number of fused-ring (bicyclic) bond motifs is 3. The molecule has 6 rings (SSSR count). The summed E-state index contributed by atoms with van der Waals surface area (Å²) in [6, 6.07) is 15.8. The van der Waals surface area contributed by atoms with Crippen LogP contribution in [0.25, 0.3) is 16.7 Å². The number of ether oxygens (including phenoxy) is 3. The molecule has 0 bridgehead atoms. The molecule has 1 N–H and O–H groups in total. The van der Waals surface area contributed by atoms with Crippen LogP contribution in [0, 0.1) is 0 Å². The van der Waals surface area contributed by atoms with Crippen molar-refractivity contribution in [1.82, 2.24) is 9.55 Å². The summed E-state index contributed by atoms with van der Waals surface area (Å²) in [7, 11) is 0. The molecule has 0 radical (unpaired) electrons. The molecule has 2 atom stereocenters. The van der Waals surface area contributed by atoms with Crippen LogP contribution in [0.1, 0.15) is 36.4 Å². The molecule has 9 nitrogen and oxygen atoms in total. The molecule has 0 saturated heterocycles. The zero-order valence-electron chi connectivity index (χ0n) is 21.7. The van der Waals surface area contributed by atoms with E-state index in [-0.39, 0.29) is 31.1 Å². The molecular weight excluding hydrogens is 543 g/mol. The smallest absolute Gasteiger partial charge is 0.471 e. The van der Waals surface area contributed by atoms with Gasteiger partial charge in [-0.3, -0.25) is 19.1 Å². The second kappa shape index (κ2) is 10.0. The third kappa shape index (κ3) is 4.58. The normalized spacial score (nSPS) is 17.5. The lowest BCUT2D eigenvalue weighted by molar-refractivity contribution is -0.171. The molecule has 2 aliphatic heterocycles. The summed E-state index contributed by atoms with van der Waals surface area (Å²) in [6.07, 6.45) is -5.36. The van der Waals surface area contributed by atoms with Crippen molar-refractivity contribution in [2.45, 2.75) is 31.5 Å². The molecule has 2 aliphatic rings. The van der Waals surface area contributed by atoms with E-state index in [2.05, 4.69) is 4.98 Å². The van der Waals surface area contributed by atoms with Gasteiger partial charge in [-0.25, -0.2) is 0 Å². The van der Waals surface area contributed by atoms with E-state index in [0.29, 0.717) is 51.1 Å². The lowest BCUT2D eigenvalue weighted by Crippen LogP contribution is -2.44. The first-order chi connectivity index (χ1) is 19.7. The number of benzene rings is 3. The van der Waals surface area contributed by atoms with Crippen LogP contribution >= 0.6 is 0 Å². The number of hydrogen-bond acceptors (Lipinski definition) is 6. The summed E-state index contributed by atoms with van der Waals surface area (Å²) < 4.78 is 61.0. The molecule has 41 heavy (non-hydrogen) atoms. The molecule has 12 heteroatoms. The summed E-state index contributed by atoms with van der Waals surface area (Å²) in [5.74, 6) is -2.97. The molecule has 1 amide bonds. The second-order valence-electron chi connectivity index (χ2n) is 9.67. The Morgan fingerprint density at radius 3 is 2.63 bits per heavy atom. The van der Waals surface area contributed by atoms with Gasteiger partial charge in [-0.15, -0.1) is 0 Å². The van der Waals surface area contributed by atoms with E-state index in [1.165, 1.54) is 18.2 Å². The number of carboxylic acids is 1. The Morgan fingerprint density at radius 1 is 1.07 bits per heavy atom. The van der Waals surface area contributed by atoms with Crippen LogP contribution in [-0.4, -0.2) is 52.5 Å². The third-order valence-electron chi connectivity index (χ3n) is 7.16. The zero-order valence-corrected chi connectivity index (χ0v) is 21.7. The number of halogens is 3. The average Bonchev–Trinajstić information content (AvgIpc) is 3.64. The Kier molecular flexibility index (Phi) is 6.47. The van der Waals surface area contributed by atoms with Crippen LogP contribution in [0.2, 0.25) is 0 Å². The van der Waals surface area contributed by atoms with Gasteiger partial charge in [0, 0.05) is 28.8 Å². The molecule has 3 aromatic carbocycles. The molecule has 0 spiro atoms. The van der Waals surface area contributed by atoms with Gasteiger partial charge in [0.2, 0.25) is 0 Å². The molecule has 1 aromatic heterocycles. The van der Waals surface area contributed by atoms with Crippen LogP contribution in [-0.2, 0) is 9.59 Å². The SMILES string of the molecule is CCOc1nc2ccccc2n1-c1cccc2c1OC[C@H]2N(C(=O)C(F)(F)F)c1ccc2c(c1)OC[C@H]2CC(=O)O. The van der Waals surface area contributed by atoms with E-state index in [9.17, 15) is 27.9 Å². The van der Waals surface area contributed by atoms with Crippen molar-refractivity contribution in [1.29, 1.82) is 0 Å². The third-order valence-corrected chi connectivity index (χ3v) is 7.16. The maximum atomic E-state index is 14.0. The van der Waals surface area contributed by atoms with Crippen molar-refractivity contribution in [3.8, 4) is 23.2 Å². The minimum Gasteiger partial charge on any atom is -0.493 e. The number of anilines is 1. The van der Waals surface area contributed by atoms with Crippen molar-refractivity contribution >= 4 is 28.6 Å². The van der Waals surface area contributed by atoms with Gasteiger partial charge in [0.15, 0.2) is 0 Å². The van der Waals surface area contributed by atoms with Crippen LogP contribution < -0.4 is 19.1 Å². The standard InChI is InChI=1S/C29H24F3N3O6/c1-2-39-28-33-20-7-3-4-8-21(20)35(28)22-9-5-6-19-23(15-41-26(19)22)34(27(38)29(30,31)32)17-10-11-18-16(12-25(36)37)14-40-24(18)13-17/h3-11,13,16,23H,2,12,14-15H2,1H3,(H,36,37)/t16-,23-/m1/s1. The minimum absolute atomic E-state index is 0.0445. The first-order valence-corrected chi connectivity index (χ1v) is 12.9. The van der Waals surface area contributed by atoms with Gasteiger partial charge in [-0.2, -0.15) is 18.2 Å². The second-order valence-corrected chi connectivity index (χ2v) is 9.67. The average molecular weight is 568 g/mol. The summed E-state index contributed by atoms with van der Waals surface area (Å²) in [4.78, 5) is 29.3. The first-order valence-electron chi connectivity index (χ1n) is 12.9. The fourth-order valence-electron chi connectivity index (χ4n) is 5.44. The number of carboxylic acid groups (broad SMARTS) is 1. The minimum atomic E-state index is -5.17. The summed E-state index contributed by atoms with van der Waals surface area (Å²) in [6.45, 7) is 2.00. The highest BCUT2D eigenvalue weighted by Gasteiger charge is 2.48. The number of rotatable bonds is 7. The number of nitrogens with zero attached hydrogens (tertiary/aromatic N) is 3. The number of amides is 1. The molecule has 4 aromatic rings. The van der Waals surface area contributed by atoms with Crippen LogP contribution in [0.3, 0.4) is 0 Å². The number of para-hydroxylation sites is 3. The number of aromatic nitrogens is 2. The lowest BCUT2D eigenvalue weighted by atomic mass is 9.97. The number of carbonyl (C=O) groups excluding carboxylic acids is 1. The van der Waals surface area contributed by atoms with Crippen LogP contribution in [0.5, 0.6) is 17.5 Å². The van der Waals surface area contributed by atoms with Gasteiger partial charge in [-0.05, 0) is 31.2 Å². The van der Waals surface area contributed by atoms with Crippen molar-refractivity contribution < 1.29 is 42.1 Å². The predicted octanol–water partition coefficient (Wildman–Crippen LogP) is 5.40. The van der Waals surface area contributed by atoms with E-state index in [1.54, 1.807) is 22.8 Å². The zero-order chi connectivity index (χ0) is 28.9. The molecule has 0 fully saturated rings. The summed E-state index contributed by atoms with van der Waals surface area (Å²) in [5, 5.41) is 9.18. The molecule has 0 unspecified atom stereocenters. The van der Waals surface area contributed by atoms with Crippen LogP contribution in [0.4, 0.5) is 18.9 Å². The van der Waals surface area contributed by atoms with Gasteiger partial charge in [-0.1, -0.05) is 30.3 Å². The van der Waals surface area contributed by atoms with Crippen molar-refractivity contribution in [2.24, 2.45) is 0 Å². The van der Waals surface area contributed by atoms with Crippen molar-refractivity contribution in [3.63, 3.8) is 0 Å². The topological polar surface area (TPSA) is 103 Å². The molecule has 0 saturated carbocycles. The Morgan fingerprint density at radius 2 is 1.88 bits per heavy atom. The highest BCUT2D eigenvalue weighted by atomic mass is 19.4. The van der Waals surface area contributed by atoms with Crippen molar-refractivity contribution in [3.05, 3.63) is 71.8 Å². The monoisotopic (exact) mass is 567 g/mol. The summed E-state index contributed by atoms with van der Waals surface area (Å²) >= 11 is 0. The fourth-order valence-corrected chi connectivity index (χ4v) is 5.44. The molecule has 0 aliphatic carbocycles. The first kappa shape index (κ1) is 26.5. The summed E-state index contributed by atoms with van der Waals surface area (Å²) in [5.41, 5.74) is 2.79. The number of carbonyl (C=O) groups is 2. The van der Waals surface area contributed by atoms with E-state index >= 15 is 0 Å². The van der Waals surface area contributed by atoms with Gasteiger partial charge in [0.05, 0.1) is 42.4 Å². The highest BCUT2D eigenvalue weighted by molar-refractivity contribution is 5.98. The van der Waals surface area contributed by atoms with E-state index < -0.39 is 30.0 Å². The van der Waals surface area contributed by atoms with E-state index in [0.717, 1.165) is 0 Å². The number of hydrogen-bond donors (Lipinski definition) is 1. The Bertz CT molecular complexity index is 1670. The Hall–Kier alpha value is -4.74. The van der Waals surface area contributed by atoms with E-state index in [1.807, 2.05) is 31.2 Å². The van der Waals surface area contributed by atoms with Gasteiger partial charge in [0.25, 0.3) is 0 Å². The largest absolute Gasteiger partial charge is 0.493 e. The molecule has 3 heterocycles. The van der Waals surface area contributed by atoms with E-state index in [4.69, 9.17) is 14.2 Å². The maximum Gasteiger partial charge on any atom is 0.471 e. The highest BCUT2D eigenvalue weighted by Crippen LogP contribution is 2.46. The van der Waals surface area contributed by atoms with Gasteiger partial charge < -0.3 is 19.3 Å². The number of aliphatic carboxylic acids is 1. The van der Waals surface area contributed by atoms with Gasteiger partial charge in [0.1, 0.15) is 18.1 Å². The van der Waals surface area contributed by atoms with Crippen LogP contribution in [0.15, 0.2) is 60.7 Å². The molecule has 212 valence electrons. The number of imidazole rings is 1. The Labute approximate surface area is 231 Å². The van der Waals surface area contributed by atoms with Gasteiger partial charge >= 0.3 is 24.1 Å². The lowest BCUT2D eigenvalue weighted by Gasteiger charge is -2.29. The fraction of sp³-hybridized carbons (Fsp3) is 0.276. The quantitative estimate of drug-likeness (QED) is 0.319. The van der Waals surface area contributed by atoms with Crippen molar-refractivity contribution in [2.75, 3.05) is 24.7 Å². The Balaban J connectivity index is 1.45. The molecular formula is C29H24F3N3O6. The number of alkyl halides is 3. The maximum absolute atomic E-state index is 14.0. The predicted molar refractivity (Wildman–Crippen MR) is 141 cm³/mol.